The highest BCUT2D eigenvalue weighted by atomic mass is 16.1. The monoisotopic (exact) mass is 427 g/mol. The molecule has 2 aromatic heterocycles. The van der Waals surface area contributed by atoms with Crippen molar-refractivity contribution in [1.82, 2.24) is 30.3 Å². The molecule has 3 N–H and O–H groups in total. The lowest BCUT2D eigenvalue weighted by molar-refractivity contribution is 0.0935. The van der Waals surface area contributed by atoms with Gasteiger partial charge in [0.05, 0.1) is 11.7 Å². The zero-order chi connectivity index (χ0) is 21.9. The fraction of sp³-hybridized carbons (Fsp3) is 0.333. The van der Waals surface area contributed by atoms with Gasteiger partial charge in [0.1, 0.15) is 0 Å². The van der Waals surface area contributed by atoms with Gasteiger partial charge in [-0.2, -0.15) is 10.1 Å². The lowest BCUT2D eigenvalue weighted by Crippen LogP contribution is -2.34. The van der Waals surface area contributed by atoms with Crippen molar-refractivity contribution < 1.29 is 4.79 Å². The summed E-state index contributed by atoms with van der Waals surface area (Å²) in [5, 5.41) is 19.6. The van der Waals surface area contributed by atoms with Gasteiger partial charge in [-0.3, -0.25) is 9.89 Å². The van der Waals surface area contributed by atoms with E-state index in [0.29, 0.717) is 23.3 Å². The molecule has 0 atom stereocenters. The van der Waals surface area contributed by atoms with E-state index in [2.05, 4.69) is 38.9 Å². The van der Waals surface area contributed by atoms with Gasteiger partial charge in [0, 0.05) is 34.8 Å². The highest BCUT2D eigenvalue weighted by molar-refractivity contribution is 5.95. The van der Waals surface area contributed by atoms with Crippen LogP contribution in [0.4, 0.5) is 11.6 Å². The lowest BCUT2D eigenvalue weighted by Gasteiger charge is -2.11. The Morgan fingerprint density at radius 3 is 2.66 bits per heavy atom. The van der Waals surface area contributed by atoms with Gasteiger partial charge in [-0.25, -0.2) is 4.68 Å². The summed E-state index contributed by atoms with van der Waals surface area (Å²) in [5.41, 5.74) is 4.88. The predicted molar refractivity (Wildman–Crippen MR) is 123 cm³/mol. The lowest BCUT2D eigenvalue weighted by atomic mass is 10.0. The maximum Gasteiger partial charge on any atom is 0.251 e. The number of rotatable bonds is 6. The molecule has 2 saturated carbocycles. The van der Waals surface area contributed by atoms with Crippen LogP contribution < -0.4 is 10.6 Å². The Hall–Kier alpha value is -3.68. The molecule has 4 aromatic rings. The minimum Gasteiger partial charge on any atom is -0.347 e. The number of fused-ring (bicyclic) bond motifs is 1. The van der Waals surface area contributed by atoms with E-state index >= 15 is 0 Å². The van der Waals surface area contributed by atoms with Crippen LogP contribution in [-0.2, 0) is 7.05 Å². The number of aromatic nitrogens is 5. The molecule has 162 valence electrons. The molecule has 8 heteroatoms. The highest BCUT2D eigenvalue weighted by Crippen LogP contribution is 2.47. The van der Waals surface area contributed by atoms with Gasteiger partial charge >= 0.3 is 0 Å². The average Bonchev–Trinajstić information content (AvgIpc) is 3.67. The number of nitrogens with one attached hydrogen (secondary N) is 3. The van der Waals surface area contributed by atoms with Crippen molar-refractivity contribution in [3.63, 3.8) is 0 Å². The zero-order valence-electron chi connectivity index (χ0n) is 18.1. The fourth-order valence-electron chi connectivity index (χ4n) is 4.13. The zero-order valence-corrected chi connectivity index (χ0v) is 18.1. The molecule has 2 fully saturated rings. The first-order valence-electron chi connectivity index (χ1n) is 11.1. The third-order valence-corrected chi connectivity index (χ3v) is 6.48. The Balaban J connectivity index is 1.25. The number of anilines is 2. The standard InChI is InChI=1S/C24H25N7O/c1-24(11-12-24)28-22(32)16-7-5-15(6-8-16)21-27-23(31(2)30-21)26-19-10-9-18-17(13-25-29-18)20(19)14-3-4-14/h5-10,13-14H,3-4,11-12H2,1-2H3,(H,25,29)(H,28,32)(H,26,27,30). The number of benzene rings is 2. The first-order valence-corrected chi connectivity index (χ1v) is 11.1. The van der Waals surface area contributed by atoms with Gasteiger partial charge in [-0.1, -0.05) is 12.1 Å². The number of aryl methyl sites for hydroxylation is 1. The molecule has 2 aromatic carbocycles. The summed E-state index contributed by atoms with van der Waals surface area (Å²) in [4.78, 5) is 17.1. The van der Waals surface area contributed by atoms with Crippen molar-refractivity contribution in [2.45, 2.75) is 44.1 Å². The Labute approximate surface area is 185 Å². The maximum atomic E-state index is 12.4. The van der Waals surface area contributed by atoms with Crippen LogP contribution in [0.2, 0.25) is 0 Å². The van der Waals surface area contributed by atoms with Gasteiger partial charge in [-0.15, -0.1) is 5.10 Å². The molecule has 2 aliphatic rings. The van der Waals surface area contributed by atoms with Crippen LogP contribution in [0.5, 0.6) is 0 Å². The van der Waals surface area contributed by atoms with Crippen molar-refractivity contribution in [2.24, 2.45) is 7.05 Å². The topological polar surface area (TPSA) is 101 Å². The van der Waals surface area contributed by atoms with E-state index in [9.17, 15) is 4.79 Å². The predicted octanol–water partition coefficient (Wildman–Crippen LogP) is 4.26. The second-order valence-corrected chi connectivity index (χ2v) is 9.23. The smallest absolute Gasteiger partial charge is 0.251 e. The van der Waals surface area contributed by atoms with Gasteiger partial charge in [-0.05, 0) is 68.4 Å². The number of hydrogen-bond donors (Lipinski definition) is 3. The normalized spacial score (nSPS) is 16.8. The molecule has 2 aliphatic carbocycles. The molecule has 2 heterocycles. The summed E-state index contributed by atoms with van der Waals surface area (Å²) in [5.74, 6) is 1.82. The molecular weight excluding hydrogens is 402 g/mol. The van der Waals surface area contributed by atoms with Gasteiger partial charge in [0.25, 0.3) is 5.91 Å². The van der Waals surface area contributed by atoms with Crippen LogP contribution in [-0.4, -0.2) is 36.4 Å². The van der Waals surface area contributed by atoms with E-state index in [-0.39, 0.29) is 11.4 Å². The Morgan fingerprint density at radius 1 is 1.16 bits per heavy atom. The van der Waals surface area contributed by atoms with Crippen LogP contribution in [0.3, 0.4) is 0 Å². The number of nitrogens with zero attached hydrogens (tertiary/aromatic N) is 4. The van der Waals surface area contributed by atoms with Crippen LogP contribution >= 0.6 is 0 Å². The van der Waals surface area contributed by atoms with E-state index in [1.165, 1.54) is 18.4 Å². The van der Waals surface area contributed by atoms with Gasteiger partial charge in [0.2, 0.25) is 5.95 Å². The summed E-state index contributed by atoms with van der Waals surface area (Å²) in [6, 6.07) is 11.6. The largest absolute Gasteiger partial charge is 0.347 e. The summed E-state index contributed by atoms with van der Waals surface area (Å²) in [7, 11) is 1.88. The molecule has 0 spiro atoms. The molecular formula is C24H25N7O. The van der Waals surface area contributed by atoms with Crippen molar-refractivity contribution in [3.8, 4) is 11.4 Å². The van der Waals surface area contributed by atoms with Crippen LogP contribution in [0.25, 0.3) is 22.3 Å². The number of H-pyrrole nitrogens is 1. The van der Waals surface area contributed by atoms with Gasteiger partial charge in [0.15, 0.2) is 5.82 Å². The van der Waals surface area contributed by atoms with Crippen LogP contribution in [0.15, 0.2) is 42.6 Å². The Bertz CT molecular complexity index is 1330. The molecule has 0 bridgehead atoms. The first-order chi connectivity index (χ1) is 15.5. The second kappa shape index (κ2) is 6.91. The summed E-state index contributed by atoms with van der Waals surface area (Å²) in [6.45, 7) is 2.07. The van der Waals surface area contributed by atoms with Crippen molar-refractivity contribution >= 4 is 28.4 Å². The number of aromatic amines is 1. The number of amides is 1. The summed E-state index contributed by atoms with van der Waals surface area (Å²) < 4.78 is 1.75. The molecule has 6 rings (SSSR count). The molecule has 32 heavy (non-hydrogen) atoms. The van der Waals surface area contributed by atoms with E-state index in [4.69, 9.17) is 4.98 Å². The van der Waals surface area contributed by atoms with Crippen LogP contribution in [0.1, 0.15) is 54.4 Å². The Kier molecular flexibility index (Phi) is 4.11. The molecule has 0 unspecified atom stereocenters. The van der Waals surface area contributed by atoms with Crippen molar-refractivity contribution in [2.75, 3.05) is 5.32 Å². The molecule has 0 saturated heterocycles. The molecule has 1 amide bonds. The highest BCUT2D eigenvalue weighted by Gasteiger charge is 2.38. The van der Waals surface area contributed by atoms with E-state index < -0.39 is 0 Å². The fourth-order valence-corrected chi connectivity index (χ4v) is 4.13. The summed E-state index contributed by atoms with van der Waals surface area (Å²) >= 11 is 0. The second-order valence-electron chi connectivity index (χ2n) is 9.23. The summed E-state index contributed by atoms with van der Waals surface area (Å²) in [6.07, 6.45) is 6.38. The molecule has 8 nitrogen and oxygen atoms in total. The van der Waals surface area contributed by atoms with Crippen molar-refractivity contribution in [3.05, 3.63) is 53.7 Å². The van der Waals surface area contributed by atoms with Crippen molar-refractivity contribution in [1.29, 1.82) is 0 Å². The maximum absolute atomic E-state index is 12.4. The third kappa shape index (κ3) is 3.41. The minimum absolute atomic E-state index is 0.0301. The molecule has 0 aliphatic heterocycles. The number of carbonyl (C=O) groups excluding carboxylic acids is 1. The molecule has 0 radical (unpaired) electrons. The number of carbonyl (C=O) groups is 1. The van der Waals surface area contributed by atoms with E-state index in [1.54, 1.807) is 4.68 Å². The first kappa shape index (κ1) is 19.0. The van der Waals surface area contributed by atoms with E-state index in [0.717, 1.165) is 35.0 Å². The SMILES string of the molecule is Cn1nc(-c2ccc(C(=O)NC3(C)CC3)cc2)nc1Nc1ccc2[nH]ncc2c1C1CC1. The third-order valence-electron chi connectivity index (χ3n) is 6.48. The number of hydrogen-bond acceptors (Lipinski definition) is 5. The van der Waals surface area contributed by atoms with Gasteiger partial charge < -0.3 is 10.6 Å². The minimum atomic E-state index is -0.0323. The quantitative estimate of drug-likeness (QED) is 0.427. The van der Waals surface area contributed by atoms with Crippen LogP contribution in [0, 0.1) is 0 Å². The average molecular weight is 428 g/mol. The van der Waals surface area contributed by atoms with E-state index in [1.807, 2.05) is 43.6 Å². The Morgan fingerprint density at radius 2 is 1.94 bits per heavy atom.